The maximum absolute atomic E-state index is 12.3. The Labute approximate surface area is 166 Å². The van der Waals surface area contributed by atoms with Crippen molar-refractivity contribution in [2.75, 3.05) is 17.7 Å². The van der Waals surface area contributed by atoms with Crippen LogP contribution in [-0.2, 0) is 4.74 Å². The Balaban J connectivity index is 1.72. The van der Waals surface area contributed by atoms with Crippen LogP contribution in [0.1, 0.15) is 26.3 Å². The highest BCUT2D eigenvalue weighted by Crippen LogP contribution is 2.26. The fraction of sp³-hybridized carbons (Fsp3) is 0.100. The average molecular weight is 397 g/mol. The van der Waals surface area contributed by atoms with Gasteiger partial charge in [-0.1, -0.05) is 29.8 Å². The summed E-state index contributed by atoms with van der Waals surface area (Å²) in [7, 11) is 1.31. The van der Waals surface area contributed by atoms with Crippen LogP contribution < -0.4 is 10.6 Å². The first-order chi connectivity index (χ1) is 13.5. The van der Waals surface area contributed by atoms with E-state index in [1.807, 2.05) is 19.1 Å². The molecule has 0 radical (unpaired) electrons. The fourth-order valence-corrected chi connectivity index (χ4v) is 2.65. The van der Waals surface area contributed by atoms with Crippen LogP contribution in [0.5, 0.6) is 0 Å². The van der Waals surface area contributed by atoms with E-state index in [1.54, 1.807) is 42.5 Å². The van der Waals surface area contributed by atoms with Gasteiger partial charge in [-0.15, -0.1) is 10.2 Å². The second kappa shape index (κ2) is 8.49. The summed E-state index contributed by atoms with van der Waals surface area (Å²) in [6, 6.07) is 15.2. The summed E-state index contributed by atoms with van der Waals surface area (Å²) in [6.45, 7) is 1.86. The smallest absolute Gasteiger partial charge is 0.337 e. The Morgan fingerprint density at radius 3 is 2.39 bits per heavy atom. The van der Waals surface area contributed by atoms with Crippen molar-refractivity contribution in [1.82, 2.24) is 10.2 Å². The van der Waals surface area contributed by atoms with E-state index in [2.05, 4.69) is 20.8 Å². The number of aromatic nitrogens is 2. The zero-order valence-corrected chi connectivity index (χ0v) is 15.9. The maximum atomic E-state index is 12.3. The number of benzene rings is 2. The van der Waals surface area contributed by atoms with Gasteiger partial charge in [0.1, 0.15) is 0 Å². The molecule has 0 spiro atoms. The van der Waals surface area contributed by atoms with Crippen molar-refractivity contribution in [3.05, 3.63) is 76.3 Å². The highest BCUT2D eigenvalue weighted by Gasteiger charge is 2.11. The quantitative estimate of drug-likeness (QED) is 0.627. The van der Waals surface area contributed by atoms with Gasteiger partial charge in [-0.25, -0.2) is 4.79 Å². The lowest BCUT2D eigenvalue weighted by Gasteiger charge is -2.10. The summed E-state index contributed by atoms with van der Waals surface area (Å²) < 4.78 is 4.70. The summed E-state index contributed by atoms with van der Waals surface area (Å²) in [5.74, 6) is -0.0204. The van der Waals surface area contributed by atoms with Gasteiger partial charge in [0.2, 0.25) is 0 Å². The molecular weight excluding hydrogens is 380 g/mol. The van der Waals surface area contributed by atoms with Crippen LogP contribution in [0.2, 0.25) is 5.02 Å². The number of anilines is 3. The minimum atomic E-state index is -0.472. The predicted octanol–water partition coefficient (Wildman–Crippen LogP) is 4.22. The van der Waals surface area contributed by atoms with Gasteiger partial charge in [0, 0.05) is 5.56 Å². The molecule has 7 nitrogen and oxygen atoms in total. The molecule has 0 bridgehead atoms. The highest BCUT2D eigenvalue weighted by atomic mass is 35.5. The molecule has 1 heterocycles. The van der Waals surface area contributed by atoms with E-state index < -0.39 is 5.97 Å². The van der Waals surface area contributed by atoms with Gasteiger partial charge in [0.25, 0.3) is 5.91 Å². The first-order valence-electron chi connectivity index (χ1n) is 8.33. The Bertz CT molecular complexity index is 1020. The van der Waals surface area contributed by atoms with Crippen molar-refractivity contribution >= 4 is 40.8 Å². The third kappa shape index (κ3) is 4.44. The third-order valence-electron chi connectivity index (χ3n) is 3.95. The Morgan fingerprint density at radius 2 is 1.71 bits per heavy atom. The predicted molar refractivity (Wildman–Crippen MR) is 107 cm³/mol. The van der Waals surface area contributed by atoms with Crippen molar-refractivity contribution in [3.8, 4) is 0 Å². The first-order valence-corrected chi connectivity index (χ1v) is 8.71. The maximum Gasteiger partial charge on any atom is 0.337 e. The van der Waals surface area contributed by atoms with Gasteiger partial charge in [-0.2, -0.15) is 0 Å². The fourth-order valence-electron chi connectivity index (χ4n) is 2.48. The van der Waals surface area contributed by atoms with E-state index in [0.29, 0.717) is 33.5 Å². The lowest BCUT2D eigenvalue weighted by molar-refractivity contribution is 0.0600. The Kier molecular flexibility index (Phi) is 5.86. The van der Waals surface area contributed by atoms with Gasteiger partial charge in [-0.05, 0) is 48.9 Å². The average Bonchev–Trinajstić information content (AvgIpc) is 2.70. The van der Waals surface area contributed by atoms with Crippen LogP contribution in [0.3, 0.4) is 0 Å². The number of carbonyl (C=O) groups is 2. The minimum Gasteiger partial charge on any atom is -0.465 e. The third-order valence-corrected chi connectivity index (χ3v) is 4.28. The number of hydrogen-bond acceptors (Lipinski definition) is 6. The van der Waals surface area contributed by atoms with Crippen LogP contribution >= 0.6 is 11.6 Å². The minimum absolute atomic E-state index is 0.262. The molecule has 0 unspecified atom stereocenters. The van der Waals surface area contributed by atoms with E-state index in [9.17, 15) is 9.59 Å². The standard InChI is InChI=1S/C20H17ClN4O3/c1-12-5-3-4-6-14(12)19(26)23-18-10-9-17(24-25-18)22-16-11-13(20(27)28-2)7-8-15(16)21/h3-11H,1-2H3,(H,22,24)(H,23,25,26). The molecule has 0 saturated heterocycles. The topological polar surface area (TPSA) is 93.2 Å². The lowest BCUT2D eigenvalue weighted by Crippen LogP contribution is -2.14. The number of ether oxygens (including phenoxy) is 1. The zero-order chi connectivity index (χ0) is 20.1. The van der Waals surface area contributed by atoms with E-state index in [0.717, 1.165) is 5.56 Å². The number of nitrogens with one attached hydrogen (secondary N) is 2. The van der Waals surface area contributed by atoms with E-state index >= 15 is 0 Å². The molecular formula is C20H17ClN4O3. The van der Waals surface area contributed by atoms with Crippen LogP contribution in [0.4, 0.5) is 17.3 Å². The van der Waals surface area contributed by atoms with Crippen LogP contribution in [0.15, 0.2) is 54.6 Å². The molecule has 0 saturated carbocycles. The molecule has 142 valence electrons. The summed E-state index contributed by atoms with van der Waals surface area (Å²) in [5.41, 5.74) is 2.27. The molecule has 3 aromatic rings. The second-order valence-corrected chi connectivity index (χ2v) is 6.29. The van der Waals surface area contributed by atoms with Gasteiger partial charge < -0.3 is 15.4 Å². The van der Waals surface area contributed by atoms with Crippen molar-refractivity contribution in [2.24, 2.45) is 0 Å². The second-order valence-electron chi connectivity index (χ2n) is 5.88. The van der Waals surface area contributed by atoms with Crippen molar-refractivity contribution in [3.63, 3.8) is 0 Å². The molecule has 2 N–H and O–H groups in total. The summed E-state index contributed by atoms with van der Waals surface area (Å²) in [6.07, 6.45) is 0. The number of amides is 1. The molecule has 3 rings (SSSR count). The van der Waals surface area contributed by atoms with Gasteiger partial charge in [0.05, 0.1) is 23.4 Å². The summed E-state index contributed by atoms with van der Waals surface area (Å²) in [4.78, 5) is 24.0. The number of aryl methyl sites for hydroxylation is 1. The molecule has 0 aliphatic rings. The molecule has 0 aliphatic heterocycles. The summed E-state index contributed by atoms with van der Waals surface area (Å²) >= 11 is 6.16. The lowest BCUT2D eigenvalue weighted by atomic mass is 10.1. The Morgan fingerprint density at radius 1 is 1.00 bits per heavy atom. The molecule has 1 aromatic heterocycles. The number of hydrogen-bond donors (Lipinski definition) is 2. The molecule has 0 aliphatic carbocycles. The molecule has 8 heteroatoms. The van der Waals surface area contributed by atoms with E-state index in [-0.39, 0.29) is 5.91 Å². The first kappa shape index (κ1) is 19.3. The van der Waals surface area contributed by atoms with Crippen molar-refractivity contribution in [2.45, 2.75) is 6.92 Å². The number of halogens is 1. The monoisotopic (exact) mass is 396 g/mol. The molecule has 1 amide bonds. The van der Waals surface area contributed by atoms with E-state index in [1.165, 1.54) is 7.11 Å². The number of nitrogens with zero attached hydrogens (tertiary/aromatic N) is 2. The number of esters is 1. The van der Waals surface area contributed by atoms with Crippen molar-refractivity contribution in [1.29, 1.82) is 0 Å². The normalized spacial score (nSPS) is 10.2. The van der Waals surface area contributed by atoms with Crippen LogP contribution in [0, 0.1) is 6.92 Å². The van der Waals surface area contributed by atoms with Gasteiger partial charge in [0.15, 0.2) is 11.6 Å². The SMILES string of the molecule is COC(=O)c1ccc(Cl)c(Nc2ccc(NC(=O)c3ccccc3C)nn2)c1. The van der Waals surface area contributed by atoms with Crippen LogP contribution in [-0.4, -0.2) is 29.2 Å². The molecule has 0 fully saturated rings. The highest BCUT2D eigenvalue weighted by molar-refractivity contribution is 6.33. The molecule has 28 heavy (non-hydrogen) atoms. The molecule has 0 atom stereocenters. The number of methoxy groups -OCH3 is 1. The Hall–Kier alpha value is -3.45. The molecule has 2 aromatic carbocycles. The van der Waals surface area contributed by atoms with Gasteiger partial charge >= 0.3 is 5.97 Å². The van der Waals surface area contributed by atoms with E-state index in [4.69, 9.17) is 16.3 Å². The van der Waals surface area contributed by atoms with Gasteiger partial charge in [-0.3, -0.25) is 4.79 Å². The van der Waals surface area contributed by atoms with Crippen LogP contribution in [0.25, 0.3) is 0 Å². The van der Waals surface area contributed by atoms with Crippen molar-refractivity contribution < 1.29 is 14.3 Å². The number of carbonyl (C=O) groups excluding carboxylic acids is 2. The zero-order valence-electron chi connectivity index (χ0n) is 15.2. The largest absolute Gasteiger partial charge is 0.465 e. The summed E-state index contributed by atoms with van der Waals surface area (Å²) in [5, 5.41) is 14.1. The number of rotatable bonds is 5.